The Morgan fingerprint density at radius 2 is 2.11 bits per heavy atom. The number of pyridine rings is 1. The van der Waals surface area contributed by atoms with E-state index < -0.39 is 0 Å². The molecule has 1 aromatic heterocycles. The van der Waals surface area contributed by atoms with Gasteiger partial charge in [0, 0.05) is 23.0 Å². The summed E-state index contributed by atoms with van der Waals surface area (Å²) in [6.07, 6.45) is 3.58. The summed E-state index contributed by atoms with van der Waals surface area (Å²) in [6, 6.07) is 9.47. The van der Waals surface area contributed by atoms with Crippen molar-refractivity contribution in [3.8, 4) is 16.9 Å². The third-order valence-corrected chi connectivity index (χ3v) is 2.85. The van der Waals surface area contributed by atoms with Gasteiger partial charge in [0.25, 0.3) is 0 Å². The van der Waals surface area contributed by atoms with Crippen LogP contribution in [0.25, 0.3) is 11.1 Å². The number of rotatable bonds is 5. The zero-order valence-electron chi connectivity index (χ0n) is 11.2. The van der Waals surface area contributed by atoms with Crippen molar-refractivity contribution >= 4 is 6.29 Å². The predicted molar refractivity (Wildman–Crippen MR) is 75.6 cm³/mol. The van der Waals surface area contributed by atoms with Crippen LogP contribution in [0.3, 0.4) is 0 Å². The fraction of sp³-hybridized carbons (Fsp3) is 0.250. The maximum Gasteiger partial charge on any atom is 0.150 e. The van der Waals surface area contributed by atoms with Crippen molar-refractivity contribution < 1.29 is 9.53 Å². The van der Waals surface area contributed by atoms with Crippen LogP contribution in [-0.4, -0.2) is 17.9 Å². The first-order chi connectivity index (χ1) is 9.24. The number of benzene rings is 1. The maximum absolute atomic E-state index is 11.2. The molecule has 0 saturated carbocycles. The lowest BCUT2D eigenvalue weighted by Gasteiger charge is -2.09. The summed E-state index contributed by atoms with van der Waals surface area (Å²) >= 11 is 0. The topological polar surface area (TPSA) is 39.2 Å². The molecule has 3 heteroatoms. The van der Waals surface area contributed by atoms with Crippen molar-refractivity contribution in [1.82, 2.24) is 4.98 Å². The quantitative estimate of drug-likeness (QED) is 0.765. The molecule has 0 amide bonds. The normalized spacial score (nSPS) is 10.2. The van der Waals surface area contributed by atoms with E-state index in [1.54, 1.807) is 12.3 Å². The number of carbonyl (C=O) groups is 1. The van der Waals surface area contributed by atoms with Crippen LogP contribution in [0.15, 0.2) is 36.5 Å². The Kier molecular flexibility index (Phi) is 4.29. The van der Waals surface area contributed by atoms with Crippen molar-refractivity contribution in [3.05, 3.63) is 47.8 Å². The van der Waals surface area contributed by atoms with Gasteiger partial charge in [-0.2, -0.15) is 0 Å². The fourth-order valence-corrected chi connectivity index (χ4v) is 1.84. The molecule has 0 N–H and O–H groups in total. The number of carbonyl (C=O) groups excluding carboxylic acids is 1. The molecule has 2 aromatic rings. The van der Waals surface area contributed by atoms with Crippen LogP contribution < -0.4 is 4.74 Å². The zero-order chi connectivity index (χ0) is 13.7. The third kappa shape index (κ3) is 3.19. The lowest BCUT2D eigenvalue weighted by atomic mass is 10.0. The molecule has 0 unspecified atom stereocenters. The summed E-state index contributed by atoms with van der Waals surface area (Å²) < 4.78 is 5.53. The Bertz CT molecular complexity index is 561. The molecule has 0 radical (unpaired) electrons. The van der Waals surface area contributed by atoms with Crippen molar-refractivity contribution in [1.29, 1.82) is 0 Å². The second-order valence-electron chi connectivity index (χ2n) is 4.40. The maximum atomic E-state index is 11.2. The minimum atomic E-state index is 0.624. The summed E-state index contributed by atoms with van der Waals surface area (Å²) in [5, 5.41) is 0. The van der Waals surface area contributed by atoms with Gasteiger partial charge in [0.1, 0.15) is 5.75 Å². The van der Waals surface area contributed by atoms with Gasteiger partial charge >= 0.3 is 0 Å². The number of aryl methyl sites for hydroxylation is 1. The summed E-state index contributed by atoms with van der Waals surface area (Å²) in [5.41, 5.74) is 3.40. The van der Waals surface area contributed by atoms with E-state index in [2.05, 4.69) is 4.98 Å². The van der Waals surface area contributed by atoms with Crippen LogP contribution in [0.1, 0.15) is 29.4 Å². The van der Waals surface area contributed by atoms with Crippen LogP contribution in [0, 0.1) is 6.92 Å². The number of aldehydes is 1. The molecule has 0 aliphatic heterocycles. The van der Waals surface area contributed by atoms with Gasteiger partial charge in [-0.05, 0) is 43.2 Å². The molecule has 98 valence electrons. The van der Waals surface area contributed by atoms with Crippen LogP contribution >= 0.6 is 0 Å². The van der Waals surface area contributed by atoms with Gasteiger partial charge in [-0.1, -0.05) is 13.0 Å². The highest BCUT2D eigenvalue weighted by molar-refractivity contribution is 5.88. The zero-order valence-corrected chi connectivity index (χ0v) is 11.2. The molecular weight excluding hydrogens is 238 g/mol. The highest BCUT2D eigenvalue weighted by Gasteiger charge is 2.06. The molecule has 19 heavy (non-hydrogen) atoms. The second kappa shape index (κ2) is 6.14. The fourth-order valence-electron chi connectivity index (χ4n) is 1.84. The van der Waals surface area contributed by atoms with Crippen LogP contribution in [0.2, 0.25) is 0 Å². The van der Waals surface area contributed by atoms with Gasteiger partial charge < -0.3 is 4.74 Å². The molecule has 0 fully saturated rings. The smallest absolute Gasteiger partial charge is 0.150 e. The number of hydrogen-bond acceptors (Lipinski definition) is 3. The molecule has 0 spiro atoms. The van der Waals surface area contributed by atoms with Crippen LogP contribution in [-0.2, 0) is 0 Å². The summed E-state index contributed by atoms with van der Waals surface area (Å²) in [7, 11) is 0. The molecule has 1 heterocycles. The standard InChI is InChI=1S/C16H17NO2/c1-3-8-19-15-6-7-16(14(9-15)11-18)13-5-4-12(2)17-10-13/h4-7,9-11H,3,8H2,1-2H3. The molecule has 0 bridgehead atoms. The number of aromatic nitrogens is 1. The van der Waals surface area contributed by atoms with Crippen LogP contribution in [0.4, 0.5) is 0 Å². The molecule has 2 rings (SSSR count). The van der Waals surface area contributed by atoms with E-state index in [4.69, 9.17) is 4.74 Å². The average Bonchev–Trinajstić information content (AvgIpc) is 2.46. The molecule has 3 nitrogen and oxygen atoms in total. The summed E-state index contributed by atoms with van der Waals surface area (Å²) in [4.78, 5) is 15.5. The van der Waals surface area contributed by atoms with E-state index in [1.165, 1.54) is 0 Å². The van der Waals surface area contributed by atoms with Crippen molar-refractivity contribution in [2.75, 3.05) is 6.61 Å². The Morgan fingerprint density at radius 3 is 2.74 bits per heavy atom. The summed E-state index contributed by atoms with van der Waals surface area (Å²) in [6.45, 7) is 4.64. The number of hydrogen-bond donors (Lipinski definition) is 0. The molecule has 1 aromatic carbocycles. The van der Waals surface area contributed by atoms with Gasteiger partial charge in [-0.15, -0.1) is 0 Å². The highest BCUT2D eigenvalue weighted by Crippen LogP contribution is 2.26. The molecule has 0 atom stereocenters. The minimum Gasteiger partial charge on any atom is -0.494 e. The van der Waals surface area contributed by atoms with Gasteiger partial charge in [0.15, 0.2) is 6.29 Å². The van der Waals surface area contributed by atoms with E-state index in [0.717, 1.165) is 35.3 Å². The third-order valence-electron chi connectivity index (χ3n) is 2.85. The van der Waals surface area contributed by atoms with Crippen molar-refractivity contribution in [2.45, 2.75) is 20.3 Å². The minimum absolute atomic E-state index is 0.624. The molecule has 0 saturated heterocycles. The van der Waals surface area contributed by atoms with Crippen LogP contribution in [0.5, 0.6) is 5.75 Å². The number of ether oxygens (including phenoxy) is 1. The van der Waals surface area contributed by atoms with E-state index in [1.807, 2.05) is 38.1 Å². The monoisotopic (exact) mass is 255 g/mol. The average molecular weight is 255 g/mol. The van der Waals surface area contributed by atoms with Gasteiger partial charge in [0.2, 0.25) is 0 Å². The Balaban J connectivity index is 2.35. The summed E-state index contributed by atoms with van der Waals surface area (Å²) in [5.74, 6) is 0.729. The van der Waals surface area contributed by atoms with E-state index in [-0.39, 0.29) is 0 Å². The Hall–Kier alpha value is -2.16. The highest BCUT2D eigenvalue weighted by atomic mass is 16.5. The lowest BCUT2D eigenvalue weighted by Crippen LogP contribution is -1.97. The van der Waals surface area contributed by atoms with Crippen molar-refractivity contribution in [2.24, 2.45) is 0 Å². The molecule has 0 aliphatic carbocycles. The first-order valence-electron chi connectivity index (χ1n) is 6.39. The SMILES string of the molecule is CCCOc1ccc(-c2ccc(C)nc2)c(C=O)c1. The van der Waals surface area contributed by atoms with Gasteiger partial charge in [-0.25, -0.2) is 0 Å². The Morgan fingerprint density at radius 1 is 1.26 bits per heavy atom. The Labute approximate surface area is 113 Å². The van der Waals surface area contributed by atoms with Crippen molar-refractivity contribution in [3.63, 3.8) is 0 Å². The van der Waals surface area contributed by atoms with E-state index in [9.17, 15) is 4.79 Å². The molecule has 0 aliphatic rings. The second-order valence-corrected chi connectivity index (χ2v) is 4.40. The van der Waals surface area contributed by atoms with Gasteiger partial charge in [0.05, 0.1) is 6.61 Å². The first kappa shape index (κ1) is 13.3. The largest absolute Gasteiger partial charge is 0.494 e. The molecular formula is C16H17NO2. The lowest BCUT2D eigenvalue weighted by molar-refractivity contribution is 0.112. The first-order valence-corrected chi connectivity index (χ1v) is 6.39. The number of nitrogens with zero attached hydrogens (tertiary/aromatic N) is 1. The van der Waals surface area contributed by atoms with Gasteiger partial charge in [-0.3, -0.25) is 9.78 Å². The van der Waals surface area contributed by atoms with E-state index in [0.29, 0.717) is 12.2 Å². The predicted octanol–water partition coefficient (Wildman–Crippen LogP) is 3.66. The van der Waals surface area contributed by atoms with E-state index >= 15 is 0 Å².